The fourth-order valence-corrected chi connectivity index (χ4v) is 4.95. The van der Waals surface area contributed by atoms with Crippen molar-refractivity contribution < 1.29 is 14.4 Å². The van der Waals surface area contributed by atoms with Crippen molar-refractivity contribution in [2.45, 2.75) is 32.8 Å². The number of benzene rings is 4. The largest absolute Gasteiger partial charge is 0.493 e. The highest BCUT2D eigenvalue weighted by Crippen LogP contribution is 2.39. The Balaban J connectivity index is 1.55. The molecule has 0 aliphatic heterocycles. The molecule has 0 saturated carbocycles. The SMILES string of the molecule is CC[C@@H](C)c1nc2ccc(Br)cc2c(=O)n1N=Cc1cc(OC)c(OCc2cccc3ccccc23)c([N+](=O)[O-])c1. The number of rotatable bonds is 9. The van der Waals surface area contributed by atoms with Crippen LogP contribution in [0.3, 0.4) is 0 Å². The Bertz CT molecular complexity index is 1860. The van der Waals surface area contributed by atoms with Gasteiger partial charge in [-0.3, -0.25) is 14.9 Å². The summed E-state index contributed by atoms with van der Waals surface area (Å²) in [7, 11) is 1.42. The second kappa shape index (κ2) is 11.9. The number of hydrogen-bond donors (Lipinski definition) is 0. The summed E-state index contributed by atoms with van der Waals surface area (Å²) < 4.78 is 13.5. The van der Waals surface area contributed by atoms with Gasteiger partial charge in [0.2, 0.25) is 5.75 Å². The number of halogens is 1. The number of methoxy groups -OCH3 is 1. The Kier molecular flexibility index (Phi) is 8.11. The molecule has 0 unspecified atom stereocenters. The van der Waals surface area contributed by atoms with E-state index in [1.54, 1.807) is 18.2 Å². The minimum atomic E-state index is -0.524. The van der Waals surface area contributed by atoms with Gasteiger partial charge in [-0.05, 0) is 47.0 Å². The summed E-state index contributed by atoms with van der Waals surface area (Å²) in [6.45, 7) is 4.08. The molecule has 0 amide bonds. The minimum absolute atomic E-state index is 0.0114. The molecule has 0 aliphatic carbocycles. The van der Waals surface area contributed by atoms with Crippen LogP contribution in [0.25, 0.3) is 21.7 Å². The van der Waals surface area contributed by atoms with E-state index < -0.39 is 4.92 Å². The summed E-state index contributed by atoms with van der Waals surface area (Å²) in [6.07, 6.45) is 2.13. The van der Waals surface area contributed by atoms with E-state index in [0.29, 0.717) is 22.3 Å². The van der Waals surface area contributed by atoms with Crippen LogP contribution < -0.4 is 15.0 Å². The molecule has 0 spiro atoms. The third-order valence-corrected chi connectivity index (χ3v) is 7.43. The minimum Gasteiger partial charge on any atom is -0.493 e. The summed E-state index contributed by atoms with van der Waals surface area (Å²) in [5.74, 6) is 0.634. The molecule has 9 nitrogen and oxygen atoms in total. The molecule has 0 aliphatic rings. The Morgan fingerprint density at radius 1 is 1.10 bits per heavy atom. The summed E-state index contributed by atoms with van der Waals surface area (Å²) in [5.41, 5.74) is 1.21. The Hall–Kier alpha value is -4.57. The van der Waals surface area contributed by atoms with Gasteiger partial charge < -0.3 is 9.47 Å². The third kappa shape index (κ3) is 5.69. The number of nitrogens with zero attached hydrogens (tertiary/aromatic N) is 4. The van der Waals surface area contributed by atoms with Gasteiger partial charge in [0.05, 0.1) is 29.2 Å². The lowest BCUT2D eigenvalue weighted by atomic mass is 10.1. The average molecular weight is 615 g/mol. The van der Waals surface area contributed by atoms with Crippen molar-refractivity contribution in [3.8, 4) is 11.5 Å². The van der Waals surface area contributed by atoms with Gasteiger partial charge in [0.15, 0.2) is 5.75 Å². The molecule has 0 bridgehead atoms. The van der Waals surface area contributed by atoms with Gasteiger partial charge in [0.1, 0.15) is 12.4 Å². The van der Waals surface area contributed by atoms with Gasteiger partial charge in [0.25, 0.3) is 5.56 Å². The summed E-state index contributed by atoms with van der Waals surface area (Å²) in [4.78, 5) is 29.7. The molecular formula is C31H27BrN4O5. The standard InChI is InChI=1S/C31H27BrN4O5/c1-4-19(2)30-34-26-13-12-23(32)16-25(26)31(37)35(30)33-17-20-14-27(36(38)39)29(28(15-20)40-3)41-18-22-10-7-9-21-8-5-6-11-24(21)22/h5-17,19H,4,18H2,1-3H3/t19-/m1/s1. The molecule has 0 saturated heterocycles. The van der Waals surface area contributed by atoms with E-state index >= 15 is 0 Å². The van der Waals surface area contributed by atoms with Crippen LogP contribution in [0.1, 0.15) is 43.1 Å². The highest BCUT2D eigenvalue weighted by molar-refractivity contribution is 9.10. The first-order valence-electron chi connectivity index (χ1n) is 13.0. The first kappa shape index (κ1) is 28.0. The van der Waals surface area contributed by atoms with Gasteiger partial charge in [0, 0.05) is 22.0 Å². The Morgan fingerprint density at radius 2 is 1.88 bits per heavy atom. The quantitative estimate of drug-likeness (QED) is 0.0986. The van der Waals surface area contributed by atoms with Crippen molar-refractivity contribution in [2.75, 3.05) is 7.11 Å². The number of hydrogen-bond acceptors (Lipinski definition) is 7. The normalized spacial score (nSPS) is 12.2. The van der Waals surface area contributed by atoms with Gasteiger partial charge in [-0.1, -0.05) is 72.2 Å². The molecule has 5 rings (SSSR count). The maximum absolute atomic E-state index is 13.4. The number of nitro benzene ring substituents is 1. The topological polar surface area (TPSA) is 109 Å². The first-order valence-corrected chi connectivity index (χ1v) is 13.8. The smallest absolute Gasteiger partial charge is 0.315 e. The van der Waals surface area contributed by atoms with E-state index in [-0.39, 0.29) is 35.3 Å². The molecule has 0 fully saturated rings. The van der Waals surface area contributed by atoms with Crippen molar-refractivity contribution in [1.82, 2.24) is 9.66 Å². The molecule has 0 radical (unpaired) electrons. The van der Waals surface area contributed by atoms with Crippen LogP contribution in [0.4, 0.5) is 5.69 Å². The average Bonchev–Trinajstić information content (AvgIpc) is 2.99. The number of aromatic nitrogens is 2. The van der Waals surface area contributed by atoms with E-state index in [1.165, 1.54) is 24.1 Å². The Labute approximate surface area is 244 Å². The van der Waals surface area contributed by atoms with Crippen molar-refractivity contribution in [3.05, 3.63) is 115 Å². The monoisotopic (exact) mass is 614 g/mol. The van der Waals surface area contributed by atoms with E-state index in [9.17, 15) is 14.9 Å². The van der Waals surface area contributed by atoms with E-state index in [0.717, 1.165) is 27.2 Å². The summed E-state index contributed by atoms with van der Waals surface area (Å²) >= 11 is 3.41. The summed E-state index contributed by atoms with van der Waals surface area (Å²) in [6, 6.07) is 22.0. The molecule has 1 atom stereocenters. The van der Waals surface area contributed by atoms with Crippen LogP contribution >= 0.6 is 15.9 Å². The highest BCUT2D eigenvalue weighted by Gasteiger charge is 2.23. The van der Waals surface area contributed by atoms with Crippen LogP contribution in [0, 0.1) is 10.1 Å². The third-order valence-electron chi connectivity index (χ3n) is 6.93. The van der Waals surface area contributed by atoms with Crippen LogP contribution in [0.2, 0.25) is 0 Å². The van der Waals surface area contributed by atoms with Gasteiger partial charge in [-0.2, -0.15) is 9.78 Å². The highest BCUT2D eigenvalue weighted by atomic mass is 79.9. The van der Waals surface area contributed by atoms with Gasteiger partial charge in [-0.15, -0.1) is 0 Å². The maximum atomic E-state index is 13.4. The van der Waals surface area contributed by atoms with E-state index in [4.69, 9.17) is 14.5 Å². The van der Waals surface area contributed by atoms with Gasteiger partial charge in [-0.25, -0.2) is 4.98 Å². The fourth-order valence-electron chi connectivity index (χ4n) is 4.59. The predicted octanol–water partition coefficient (Wildman–Crippen LogP) is 7.20. The van der Waals surface area contributed by atoms with E-state index in [2.05, 4.69) is 21.0 Å². The zero-order chi connectivity index (χ0) is 29.1. The first-order chi connectivity index (χ1) is 19.8. The lowest BCUT2D eigenvalue weighted by Gasteiger charge is -2.14. The fraction of sp³-hybridized carbons (Fsp3) is 0.194. The van der Waals surface area contributed by atoms with Crippen LogP contribution in [0.5, 0.6) is 11.5 Å². The lowest BCUT2D eigenvalue weighted by molar-refractivity contribution is -0.386. The number of fused-ring (bicyclic) bond motifs is 2. The van der Waals surface area contributed by atoms with Crippen molar-refractivity contribution in [2.24, 2.45) is 5.10 Å². The lowest BCUT2D eigenvalue weighted by Crippen LogP contribution is -2.23. The molecule has 10 heteroatoms. The Morgan fingerprint density at radius 3 is 2.63 bits per heavy atom. The molecule has 4 aromatic carbocycles. The number of ether oxygens (including phenoxy) is 2. The van der Waals surface area contributed by atoms with E-state index in [1.807, 2.05) is 62.4 Å². The predicted molar refractivity (Wildman–Crippen MR) is 163 cm³/mol. The van der Waals surface area contributed by atoms with Crippen LogP contribution in [0.15, 0.2) is 87.2 Å². The number of nitro groups is 1. The molecular weight excluding hydrogens is 588 g/mol. The molecule has 0 N–H and O–H groups in total. The molecule has 5 aromatic rings. The van der Waals surface area contributed by atoms with Crippen molar-refractivity contribution in [3.63, 3.8) is 0 Å². The molecule has 1 heterocycles. The molecule has 41 heavy (non-hydrogen) atoms. The van der Waals surface area contributed by atoms with Gasteiger partial charge >= 0.3 is 5.69 Å². The zero-order valence-electron chi connectivity index (χ0n) is 22.7. The maximum Gasteiger partial charge on any atom is 0.315 e. The zero-order valence-corrected chi connectivity index (χ0v) is 24.3. The van der Waals surface area contributed by atoms with Crippen LogP contribution in [-0.4, -0.2) is 27.9 Å². The van der Waals surface area contributed by atoms with Crippen molar-refractivity contribution >= 4 is 49.5 Å². The second-order valence-corrected chi connectivity index (χ2v) is 10.5. The summed E-state index contributed by atoms with van der Waals surface area (Å²) in [5, 5.41) is 19.0. The van der Waals surface area contributed by atoms with Crippen molar-refractivity contribution in [1.29, 1.82) is 0 Å². The van der Waals surface area contributed by atoms with Crippen LogP contribution in [-0.2, 0) is 6.61 Å². The molecule has 1 aromatic heterocycles. The second-order valence-electron chi connectivity index (χ2n) is 9.56. The molecule has 208 valence electrons.